The van der Waals surface area contributed by atoms with Crippen LogP contribution in [0.2, 0.25) is 0 Å². The Morgan fingerprint density at radius 3 is 1.33 bits per heavy atom. The van der Waals surface area contributed by atoms with Gasteiger partial charge in [-0.1, -0.05) is 0 Å². The summed E-state index contributed by atoms with van der Waals surface area (Å²) in [4.78, 5) is 3.54. The van der Waals surface area contributed by atoms with Gasteiger partial charge in [-0.15, -0.1) is 0 Å². The lowest BCUT2D eigenvalue weighted by atomic mass is 10.3. The maximum absolute atomic E-state index is 9.34. The SMILES string of the molecule is CC(O)N(C(C)O)C(C)N(C)C. The molecule has 0 amide bonds. The van der Waals surface area contributed by atoms with E-state index >= 15 is 0 Å². The van der Waals surface area contributed by atoms with E-state index in [1.54, 1.807) is 18.7 Å². The van der Waals surface area contributed by atoms with E-state index in [9.17, 15) is 10.2 Å². The Labute approximate surface area is 74.4 Å². The molecule has 0 saturated carbocycles. The maximum Gasteiger partial charge on any atom is 0.107 e. The van der Waals surface area contributed by atoms with Gasteiger partial charge < -0.3 is 10.2 Å². The molecule has 74 valence electrons. The minimum Gasteiger partial charge on any atom is -0.379 e. The fraction of sp³-hybridized carbons (Fsp3) is 1.00. The van der Waals surface area contributed by atoms with Crippen LogP contribution >= 0.6 is 0 Å². The van der Waals surface area contributed by atoms with Gasteiger partial charge in [0.1, 0.15) is 12.5 Å². The molecule has 0 aromatic rings. The van der Waals surface area contributed by atoms with Crippen molar-refractivity contribution in [3.05, 3.63) is 0 Å². The molecular weight excluding hydrogens is 156 g/mol. The first-order valence-electron chi connectivity index (χ1n) is 4.18. The first-order chi connectivity index (χ1) is 5.37. The number of aliphatic hydroxyl groups is 2. The molecule has 4 nitrogen and oxygen atoms in total. The molecule has 0 aliphatic heterocycles. The van der Waals surface area contributed by atoms with Crippen LogP contribution in [0.3, 0.4) is 0 Å². The van der Waals surface area contributed by atoms with E-state index in [2.05, 4.69) is 0 Å². The fourth-order valence-corrected chi connectivity index (χ4v) is 1.20. The van der Waals surface area contributed by atoms with E-state index in [1.165, 1.54) is 0 Å². The molecule has 0 aromatic heterocycles. The molecule has 0 fully saturated rings. The molecule has 0 spiro atoms. The van der Waals surface area contributed by atoms with Crippen LogP contribution in [0.25, 0.3) is 0 Å². The van der Waals surface area contributed by atoms with Crippen LogP contribution in [0.5, 0.6) is 0 Å². The zero-order chi connectivity index (χ0) is 9.89. The third kappa shape index (κ3) is 3.06. The molecule has 3 atom stereocenters. The van der Waals surface area contributed by atoms with Gasteiger partial charge in [-0.25, -0.2) is 4.90 Å². The van der Waals surface area contributed by atoms with E-state index in [0.717, 1.165) is 0 Å². The van der Waals surface area contributed by atoms with Crippen molar-refractivity contribution >= 4 is 0 Å². The molecule has 12 heavy (non-hydrogen) atoms. The van der Waals surface area contributed by atoms with E-state index < -0.39 is 12.5 Å². The number of hydrogen-bond donors (Lipinski definition) is 2. The van der Waals surface area contributed by atoms with Crippen LogP contribution in [0.1, 0.15) is 20.8 Å². The second kappa shape index (κ2) is 4.77. The summed E-state index contributed by atoms with van der Waals surface area (Å²) in [5, 5.41) is 18.7. The summed E-state index contributed by atoms with van der Waals surface area (Å²) in [5.41, 5.74) is 0. The summed E-state index contributed by atoms with van der Waals surface area (Å²) < 4.78 is 0. The number of aliphatic hydroxyl groups excluding tert-OH is 2. The molecule has 0 aliphatic rings. The van der Waals surface area contributed by atoms with Crippen LogP contribution in [-0.4, -0.2) is 52.7 Å². The maximum atomic E-state index is 9.34. The van der Waals surface area contributed by atoms with Crippen LogP contribution in [-0.2, 0) is 0 Å². The third-order valence-electron chi connectivity index (χ3n) is 2.04. The van der Waals surface area contributed by atoms with Gasteiger partial charge in [-0.2, -0.15) is 0 Å². The van der Waals surface area contributed by atoms with Crippen molar-refractivity contribution in [3.8, 4) is 0 Å². The van der Waals surface area contributed by atoms with Crippen molar-refractivity contribution in [1.29, 1.82) is 0 Å². The lowest BCUT2D eigenvalue weighted by molar-refractivity contribution is -0.133. The summed E-state index contributed by atoms with van der Waals surface area (Å²) in [6.07, 6.45) is -1.25. The van der Waals surface area contributed by atoms with Crippen molar-refractivity contribution in [2.45, 2.75) is 39.4 Å². The van der Waals surface area contributed by atoms with Gasteiger partial charge in [0.25, 0.3) is 0 Å². The van der Waals surface area contributed by atoms with Crippen LogP contribution < -0.4 is 0 Å². The van der Waals surface area contributed by atoms with Crippen LogP contribution in [0, 0.1) is 0 Å². The molecule has 0 aliphatic carbocycles. The first kappa shape index (κ1) is 11.8. The Bertz CT molecular complexity index is 118. The second-order valence-corrected chi connectivity index (χ2v) is 3.31. The Balaban J connectivity index is 4.30. The van der Waals surface area contributed by atoms with Crippen molar-refractivity contribution in [2.24, 2.45) is 0 Å². The minimum atomic E-state index is -0.637. The van der Waals surface area contributed by atoms with E-state index in [0.29, 0.717) is 0 Å². The van der Waals surface area contributed by atoms with Gasteiger partial charge >= 0.3 is 0 Å². The minimum absolute atomic E-state index is 0.0185. The third-order valence-corrected chi connectivity index (χ3v) is 2.04. The zero-order valence-corrected chi connectivity index (χ0v) is 8.52. The van der Waals surface area contributed by atoms with Gasteiger partial charge in [0.05, 0.1) is 6.17 Å². The van der Waals surface area contributed by atoms with Crippen molar-refractivity contribution in [2.75, 3.05) is 14.1 Å². The average Bonchev–Trinajstić information content (AvgIpc) is 1.85. The second-order valence-electron chi connectivity index (χ2n) is 3.31. The molecule has 4 heteroatoms. The molecule has 0 bridgehead atoms. The molecular formula is C8H20N2O2. The van der Waals surface area contributed by atoms with Gasteiger partial charge in [0, 0.05) is 0 Å². The van der Waals surface area contributed by atoms with Gasteiger partial charge in [0.15, 0.2) is 0 Å². The largest absolute Gasteiger partial charge is 0.379 e. The van der Waals surface area contributed by atoms with E-state index in [1.807, 2.05) is 25.9 Å². The normalized spacial score (nSPS) is 19.8. The first-order valence-corrected chi connectivity index (χ1v) is 4.18. The smallest absolute Gasteiger partial charge is 0.107 e. The van der Waals surface area contributed by atoms with Crippen molar-refractivity contribution in [1.82, 2.24) is 9.80 Å². The topological polar surface area (TPSA) is 46.9 Å². The fourth-order valence-electron chi connectivity index (χ4n) is 1.20. The lowest BCUT2D eigenvalue weighted by Gasteiger charge is -2.37. The number of rotatable bonds is 4. The summed E-state index contributed by atoms with van der Waals surface area (Å²) in [6, 6.07) is 0. The monoisotopic (exact) mass is 176 g/mol. The summed E-state index contributed by atoms with van der Waals surface area (Å²) in [6.45, 7) is 5.22. The van der Waals surface area contributed by atoms with Crippen LogP contribution in [0.15, 0.2) is 0 Å². The molecule has 3 unspecified atom stereocenters. The molecule has 0 heterocycles. The van der Waals surface area contributed by atoms with E-state index in [4.69, 9.17) is 0 Å². The highest BCUT2D eigenvalue weighted by atomic mass is 16.3. The summed E-state index contributed by atoms with van der Waals surface area (Å²) in [5.74, 6) is 0. The van der Waals surface area contributed by atoms with Gasteiger partial charge in [-0.3, -0.25) is 4.90 Å². The molecule has 0 saturated heterocycles. The molecule has 2 N–H and O–H groups in total. The molecule has 0 aromatic carbocycles. The van der Waals surface area contributed by atoms with Crippen LogP contribution in [0.4, 0.5) is 0 Å². The van der Waals surface area contributed by atoms with Gasteiger partial charge in [0.2, 0.25) is 0 Å². The predicted molar refractivity (Wildman–Crippen MR) is 48.3 cm³/mol. The zero-order valence-electron chi connectivity index (χ0n) is 8.52. The predicted octanol–water partition coefficient (Wildman–Crippen LogP) is -0.127. The lowest BCUT2D eigenvalue weighted by Crippen LogP contribution is -2.51. The highest BCUT2D eigenvalue weighted by Crippen LogP contribution is 2.08. The summed E-state index contributed by atoms with van der Waals surface area (Å²) >= 11 is 0. The standard InChI is InChI=1S/C8H20N2O2/c1-6(9(4)5)10(7(2)11)8(3)12/h6-8,11-12H,1-5H3. The molecule has 0 radical (unpaired) electrons. The van der Waals surface area contributed by atoms with Crippen molar-refractivity contribution in [3.63, 3.8) is 0 Å². The Hall–Kier alpha value is -0.160. The number of hydrogen-bond acceptors (Lipinski definition) is 4. The average molecular weight is 176 g/mol. The van der Waals surface area contributed by atoms with Crippen molar-refractivity contribution < 1.29 is 10.2 Å². The number of nitrogens with zero attached hydrogens (tertiary/aromatic N) is 2. The Morgan fingerprint density at radius 2 is 1.25 bits per heavy atom. The summed E-state index contributed by atoms with van der Waals surface area (Å²) in [7, 11) is 3.81. The quantitative estimate of drug-likeness (QED) is 0.586. The van der Waals surface area contributed by atoms with Gasteiger partial charge in [-0.05, 0) is 34.9 Å². The molecule has 0 rings (SSSR count). The van der Waals surface area contributed by atoms with E-state index in [-0.39, 0.29) is 6.17 Å². The Kier molecular flexibility index (Phi) is 4.70. The Morgan fingerprint density at radius 1 is 0.917 bits per heavy atom. The highest BCUT2D eigenvalue weighted by Gasteiger charge is 2.23. The highest BCUT2D eigenvalue weighted by molar-refractivity contribution is 4.66.